The van der Waals surface area contributed by atoms with Crippen molar-refractivity contribution in [2.24, 2.45) is 0 Å². The molecule has 102 valence electrons. The maximum Gasteiger partial charge on any atom is 0.270 e. The molecule has 0 aromatic carbocycles. The Morgan fingerprint density at radius 3 is 3.00 bits per heavy atom. The van der Waals surface area contributed by atoms with Crippen molar-refractivity contribution in [2.75, 3.05) is 19.1 Å². The molecule has 3 aromatic heterocycles. The topological polar surface area (TPSA) is 55.3 Å². The number of hydrogen-bond acceptors (Lipinski definition) is 6. The predicted octanol–water partition coefficient (Wildman–Crippen LogP) is 3.04. The molecule has 3 rings (SSSR count). The highest BCUT2D eigenvalue weighted by molar-refractivity contribution is 7.38. The Bertz CT molecular complexity index is 737. The molecule has 0 bridgehead atoms. The Kier molecular flexibility index (Phi) is 3.37. The first-order valence-electron chi connectivity index (χ1n) is 5.81. The third kappa shape index (κ3) is 2.25. The number of hydrogen-bond donors (Lipinski definition) is 0. The molecule has 3 heterocycles. The molecule has 0 aliphatic heterocycles. The Morgan fingerprint density at radius 1 is 1.40 bits per heavy atom. The van der Waals surface area contributed by atoms with E-state index in [9.17, 15) is 4.79 Å². The van der Waals surface area contributed by atoms with Gasteiger partial charge in [0.25, 0.3) is 5.91 Å². The number of nitrogens with zero attached hydrogens (tertiary/aromatic N) is 3. The summed E-state index contributed by atoms with van der Waals surface area (Å²) in [6.45, 7) is 0. The highest BCUT2D eigenvalue weighted by Gasteiger charge is 2.19. The quantitative estimate of drug-likeness (QED) is 0.746. The first kappa shape index (κ1) is 13.0. The number of aromatic nitrogens is 2. The van der Waals surface area contributed by atoms with Crippen LogP contribution in [0.3, 0.4) is 0 Å². The first-order chi connectivity index (χ1) is 9.69. The van der Waals surface area contributed by atoms with Crippen LogP contribution in [0.25, 0.3) is 9.40 Å². The second-order valence-electron chi connectivity index (χ2n) is 4.04. The summed E-state index contributed by atoms with van der Waals surface area (Å²) in [4.78, 5) is 22.8. The number of carbonyl (C=O) groups is 1. The van der Waals surface area contributed by atoms with Crippen molar-refractivity contribution in [3.05, 3.63) is 34.7 Å². The van der Waals surface area contributed by atoms with Crippen LogP contribution in [0.4, 0.5) is 5.95 Å². The molecular weight excluding hydrogens is 294 g/mol. The van der Waals surface area contributed by atoms with E-state index >= 15 is 0 Å². The molecule has 7 heteroatoms. The van der Waals surface area contributed by atoms with Crippen LogP contribution in [0.1, 0.15) is 9.67 Å². The van der Waals surface area contributed by atoms with Gasteiger partial charge in [0.2, 0.25) is 11.8 Å². The van der Waals surface area contributed by atoms with Crippen molar-refractivity contribution >= 4 is 43.9 Å². The fourth-order valence-corrected chi connectivity index (χ4v) is 3.82. The van der Waals surface area contributed by atoms with Gasteiger partial charge < -0.3 is 4.74 Å². The summed E-state index contributed by atoms with van der Waals surface area (Å²) in [5, 5.41) is 3.12. The minimum absolute atomic E-state index is 0.119. The summed E-state index contributed by atoms with van der Waals surface area (Å²) >= 11 is 3.12. The number of fused-ring (bicyclic) bond motifs is 1. The summed E-state index contributed by atoms with van der Waals surface area (Å²) in [5.74, 6) is 0.638. The van der Waals surface area contributed by atoms with Gasteiger partial charge in [-0.1, -0.05) is 0 Å². The average molecular weight is 305 g/mol. The minimum atomic E-state index is -0.119. The van der Waals surface area contributed by atoms with E-state index in [-0.39, 0.29) is 5.91 Å². The van der Waals surface area contributed by atoms with Gasteiger partial charge in [0.15, 0.2) is 0 Å². The monoisotopic (exact) mass is 305 g/mol. The Morgan fingerprint density at radius 2 is 2.25 bits per heavy atom. The van der Waals surface area contributed by atoms with E-state index in [0.29, 0.717) is 16.7 Å². The van der Waals surface area contributed by atoms with E-state index in [4.69, 9.17) is 4.74 Å². The van der Waals surface area contributed by atoms with Crippen LogP contribution in [0, 0.1) is 0 Å². The van der Waals surface area contributed by atoms with Gasteiger partial charge in [-0.25, -0.2) is 4.98 Å². The lowest BCUT2D eigenvalue weighted by atomic mass is 10.3. The molecule has 0 N–H and O–H groups in total. The maximum absolute atomic E-state index is 12.4. The number of amides is 1. The summed E-state index contributed by atoms with van der Waals surface area (Å²) in [5.41, 5.74) is 0. The highest BCUT2D eigenvalue weighted by Crippen LogP contribution is 2.31. The van der Waals surface area contributed by atoms with E-state index in [1.165, 1.54) is 23.3 Å². The Hall–Kier alpha value is -1.99. The molecular formula is C13H11N3O2S2. The maximum atomic E-state index is 12.4. The van der Waals surface area contributed by atoms with Crippen molar-refractivity contribution < 1.29 is 9.53 Å². The van der Waals surface area contributed by atoms with Gasteiger partial charge in [-0.05, 0) is 17.5 Å². The van der Waals surface area contributed by atoms with Crippen LogP contribution in [-0.4, -0.2) is 30.0 Å². The number of methoxy groups -OCH3 is 1. The summed E-state index contributed by atoms with van der Waals surface area (Å²) < 4.78 is 6.19. The summed E-state index contributed by atoms with van der Waals surface area (Å²) in [7, 11) is 3.19. The fourth-order valence-electron chi connectivity index (χ4n) is 1.73. The first-order valence-corrected chi connectivity index (χ1v) is 7.51. The molecule has 0 saturated heterocycles. The number of anilines is 1. The van der Waals surface area contributed by atoms with E-state index in [1.54, 1.807) is 30.6 Å². The van der Waals surface area contributed by atoms with Gasteiger partial charge in [0.05, 0.1) is 16.0 Å². The second kappa shape index (κ2) is 5.18. The summed E-state index contributed by atoms with van der Waals surface area (Å²) in [6, 6.07) is 5.55. The van der Waals surface area contributed by atoms with Crippen LogP contribution >= 0.6 is 22.7 Å². The van der Waals surface area contributed by atoms with Crippen LogP contribution in [0.2, 0.25) is 0 Å². The third-order valence-corrected chi connectivity index (χ3v) is 4.98. The van der Waals surface area contributed by atoms with Crippen molar-refractivity contribution in [3.8, 4) is 5.88 Å². The zero-order chi connectivity index (χ0) is 14.1. The molecule has 1 amide bonds. The molecule has 0 saturated carbocycles. The van der Waals surface area contributed by atoms with Crippen molar-refractivity contribution in [3.63, 3.8) is 0 Å². The lowest BCUT2D eigenvalue weighted by molar-refractivity contribution is 0.0995. The zero-order valence-electron chi connectivity index (χ0n) is 10.9. The molecule has 0 aliphatic rings. The average Bonchev–Trinajstić information content (AvgIpc) is 3.07. The number of thiophene rings is 2. The highest BCUT2D eigenvalue weighted by atomic mass is 32.2. The normalized spacial score (nSPS) is 10.7. The van der Waals surface area contributed by atoms with Gasteiger partial charge in [-0.15, -0.1) is 22.7 Å². The number of ether oxygens (including phenoxy) is 1. The fraction of sp³-hybridized carbons (Fsp3) is 0.154. The molecule has 0 unspecified atom stereocenters. The van der Waals surface area contributed by atoms with Gasteiger partial charge in [0, 0.05) is 24.7 Å². The molecule has 3 aromatic rings. The molecule has 0 spiro atoms. The van der Waals surface area contributed by atoms with E-state index in [1.807, 2.05) is 17.5 Å². The Labute approximate surface area is 123 Å². The summed E-state index contributed by atoms with van der Waals surface area (Å²) in [6.07, 6.45) is 1.57. The molecule has 5 nitrogen and oxygen atoms in total. The molecule has 0 radical (unpaired) electrons. The standard InChI is InChI=1S/C13H11N3O2S2/c1-16(13-14-5-3-10(15-13)18-2)11(17)9-7-8-4-6-19-12(8)20-9/h3-7H,1-2H3. The smallest absolute Gasteiger partial charge is 0.270 e. The molecule has 20 heavy (non-hydrogen) atoms. The molecule has 0 fully saturated rings. The van der Waals surface area contributed by atoms with Crippen molar-refractivity contribution in [1.29, 1.82) is 0 Å². The van der Waals surface area contributed by atoms with Crippen molar-refractivity contribution in [1.82, 2.24) is 9.97 Å². The second-order valence-corrected chi connectivity index (χ2v) is 6.26. The van der Waals surface area contributed by atoms with Crippen LogP contribution in [-0.2, 0) is 0 Å². The lowest BCUT2D eigenvalue weighted by Gasteiger charge is -2.14. The number of rotatable bonds is 3. The predicted molar refractivity (Wildman–Crippen MR) is 81.0 cm³/mol. The van der Waals surface area contributed by atoms with Gasteiger partial charge in [0.1, 0.15) is 0 Å². The Balaban J connectivity index is 1.90. The third-order valence-electron chi connectivity index (χ3n) is 2.79. The molecule has 0 aliphatic carbocycles. The zero-order valence-corrected chi connectivity index (χ0v) is 12.5. The van der Waals surface area contributed by atoms with Gasteiger partial charge in [-0.3, -0.25) is 9.69 Å². The van der Waals surface area contributed by atoms with Gasteiger partial charge >= 0.3 is 0 Å². The van der Waals surface area contributed by atoms with Crippen LogP contribution < -0.4 is 9.64 Å². The van der Waals surface area contributed by atoms with Crippen molar-refractivity contribution in [2.45, 2.75) is 0 Å². The largest absolute Gasteiger partial charge is 0.481 e. The SMILES string of the molecule is COc1ccnc(N(C)C(=O)c2cc3ccsc3s2)n1. The lowest BCUT2D eigenvalue weighted by Crippen LogP contribution is -2.27. The van der Waals surface area contributed by atoms with E-state index in [2.05, 4.69) is 9.97 Å². The van der Waals surface area contributed by atoms with E-state index in [0.717, 1.165) is 9.40 Å². The minimum Gasteiger partial charge on any atom is -0.481 e. The van der Waals surface area contributed by atoms with Gasteiger partial charge in [-0.2, -0.15) is 4.98 Å². The molecule has 0 atom stereocenters. The van der Waals surface area contributed by atoms with E-state index < -0.39 is 0 Å². The van der Waals surface area contributed by atoms with Crippen LogP contribution in [0.15, 0.2) is 29.8 Å². The number of carbonyl (C=O) groups excluding carboxylic acids is 1. The van der Waals surface area contributed by atoms with Crippen LogP contribution in [0.5, 0.6) is 5.88 Å².